The average molecular weight is 1170 g/mol. The van der Waals surface area contributed by atoms with Gasteiger partial charge in [0.1, 0.15) is 19.8 Å². The third-order valence-electron chi connectivity index (χ3n) is 15.5. The zero-order valence-corrected chi connectivity index (χ0v) is 55.6. The molecule has 0 amide bonds. The second kappa shape index (κ2) is 63.2. The van der Waals surface area contributed by atoms with Crippen LogP contribution >= 0.6 is 7.82 Å². The molecule has 10 heteroatoms. The van der Waals surface area contributed by atoms with Crippen molar-refractivity contribution in [2.45, 2.75) is 341 Å². The van der Waals surface area contributed by atoms with Gasteiger partial charge in [-0.3, -0.25) is 14.2 Å². The summed E-state index contributed by atoms with van der Waals surface area (Å²) in [5, 5.41) is 0. The first-order chi connectivity index (χ1) is 40.0. The lowest BCUT2D eigenvalue weighted by Crippen LogP contribution is -2.37. The van der Waals surface area contributed by atoms with E-state index in [1.807, 2.05) is 21.1 Å². The summed E-state index contributed by atoms with van der Waals surface area (Å²) in [5.41, 5.74) is 0. The van der Waals surface area contributed by atoms with Gasteiger partial charge in [0.2, 0.25) is 0 Å². The van der Waals surface area contributed by atoms with Crippen LogP contribution in [0.25, 0.3) is 0 Å². The minimum atomic E-state index is -4.64. The van der Waals surface area contributed by atoms with Gasteiger partial charge in [0, 0.05) is 12.8 Å². The molecule has 0 radical (unpaired) electrons. The van der Waals surface area contributed by atoms with Crippen molar-refractivity contribution < 1.29 is 42.1 Å². The standard InChI is InChI=1S/C72H134NO8P/c1-6-8-10-12-14-16-18-20-22-24-26-28-29-30-31-32-33-34-35-36-37-38-39-40-41-42-43-45-46-48-50-52-54-56-58-60-62-64-71(74)78-68-70(69-80-82(76,77)79-67-66-73(3,4)5)81-72(75)65-63-61-59-57-55-53-51-49-47-44-27-25-23-21-19-17-15-13-11-9-7-2/h18-21,24-27,47,49,70H,6-17,22-23,28-46,48,50-69H2,1-5H3/b20-18-,21-19-,26-24-,27-25-,49-47-. The Balaban J connectivity index is 3.96. The van der Waals surface area contributed by atoms with Gasteiger partial charge in [-0.1, -0.05) is 299 Å². The number of unbranched alkanes of at least 4 members (excludes halogenated alkanes) is 41. The largest absolute Gasteiger partial charge is 0.756 e. The van der Waals surface area contributed by atoms with Crippen LogP contribution in [0.2, 0.25) is 0 Å². The minimum Gasteiger partial charge on any atom is -0.756 e. The van der Waals surface area contributed by atoms with Crippen LogP contribution in [-0.2, 0) is 32.7 Å². The maximum Gasteiger partial charge on any atom is 0.306 e. The van der Waals surface area contributed by atoms with E-state index < -0.39 is 26.5 Å². The van der Waals surface area contributed by atoms with E-state index in [9.17, 15) is 19.0 Å². The number of esters is 2. The number of ether oxygens (including phenoxy) is 2. The lowest BCUT2D eigenvalue weighted by Gasteiger charge is -2.28. The van der Waals surface area contributed by atoms with E-state index in [2.05, 4.69) is 74.6 Å². The topological polar surface area (TPSA) is 111 Å². The van der Waals surface area contributed by atoms with E-state index in [4.69, 9.17) is 18.5 Å². The number of phosphoric acid groups is 1. The summed E-state index contributed by atoms with van der Waals surface area (Å²) < 4.78 is 34.3. The van der Waals surface area contributed by atoms with Crippen molar-refractivity contribution in [3.63, 3.8) is 0 Å². The Morgan fingerprint density at radius 1 is 0.378 bits per heavy atom. The molecule has 0 rings (SSSR count). The predicted molar refractivity (Wildman–Crippen MR) is 351 cm³/mol. The molecule has 2 unspecified atom stereocenters. The van der Waals surface area contributed by atoms with Gasteiger partial charge in [0.25, 0.3) is 7.82 Å². The van der Waals surface area contributed by atoms with Gasteiger partial charge in [-0.25, -0.2) is 0 Å². The number of allylic oxidation sites excluding steroid dienone is 10. The van der Waals surface area contributed by atoms with Crippen molar-refractivity contribution in [3.05, 3.63) is 60.8 Å². The molecule has 480 valence electrons. The van der Waals surface area contributed by atoms with Crippen LogP contribution in [0.3, 0.4) is 0 Å². The van der Waals surface area contributed by atoms with Gasteiger partial charge >= 0.3 is 11.9 Å². The molecule has 0 aromatic heterocycles. The molecule has 0 saturated carbocycles. The Kier molecular flexibility index (Phi) is 61.5. The van der Waals surface area contributed by atoms with Gasteiger partial charge in [-0.2, -0.15) is 0 Å². The van der Waals surface area contributed by atoms with E-state index in [0.29, 0.717) is 17.4 Å². The van der Waals surface area contributed by atoms with Crippen LogP contribution in [0, 0.1) is 0 Å². The molecule has 0 aromatic carbocycles. The molecule has 0 heterocycles. The molecule has 0 aliphatic rings. The summed E-state index contributed by atoms with van der Waals surface area (Å²) in [5.74, 6) is -0.835. The SMILES string of the molecule is CCCCCCC/C=C\C/C=C\C/C=C\CCCCCCCCC(=O)OC(COC(=O)CCCCCCCCCCCCCCCCCCCCCCCCCCC/C=C\C/C=C\CCCCCCC)COP(=O)([O-])OCC[N+](C)(C)C. The van der Waals surface area contributed by atoms with E-state index in [-0.39, 0.29) is 32.0 Å². The maximum absolute atomic E-state index is 12.8. The number of hydrogen-bond acceptors (Lipinski definition) is 8. The summed E-state index contributed by atoms with van der Waals surface area (Å²) in [4.78, 5) is 38.0. The Labute approximate surface area is 508 Å². The highest BCUT2D eigenvalue weighted by Gasteiger charge is 2.22. The lowest BCUT2D eigenvalue weighted by molar-refractivity contribution is -0.870. The summed E-state index contributed by atoms with van der Waals surface area (Å²) in [7, 11) is 1.17. The number of phosphoric ester groups is 1. The van der Waals surface area contributed by atoms with E-state index in [0.717, 1.165) is 77.0 Å². The first-order valence-corrected chi connectivity index (χ1v) is 36.5. The van der Waals surface area contributed by atoms with Gasteiger partial charge in [0.15, 0.2) is 6.10 Å². The number of carbonyl (C=O) groups excluding carboxylic acids is 2. The second-order valence-corrected chi connectivity index (χ2v) is 26.3. The van der Waals surface area contributed by atoms with Crippen LogP contribution in [0.15, 0.2) is 60.8 Å². The van der Waals surface area contributed by atoms with Crippen LogP contribution < -0.4 is 4.89 Å². The van der Waals surface area contributed by atoms with Gasteiger partial charge in [-0.05, 0) is 83.5 Å². The lowest BCUT2D eigenvalue weighted by atomic mass is 10.0. The molecule has 0 saturated heterocycles. The fourth-order valence-corrected chi connectivity index (χ4v) is 10.8. The van der Waals surface area contributed by atoms with Crippen molar-refractivity contribution in [1.29, 1.82) is 0 Å². The number of likely N-dealkylation sites (N-methyl/N-ethyl adjacent to an activating group) is 1. The number of nitrogens with zero attached hydrogens (tertiary/aromatic N) is 1. The first-order valence-electron chi connectivity index (χ1n) is 35.0. The quantitative estimate of drug-likeness (QED) is 0.0195. The molecule has 0 bridgehead atoms. The molecule has 0 aliphatic carbocycles. The Morgan fingerprint density at radius 3 is 0.976 bits per heavy atom. The second-order valence-electron chi connectivity index (χ2n) is 24.9. The highest BCUT2D eigenvalue weighted by atomic mass is 31.2. The summed E-state index contributed by atoms with van der Waals surface area (Å²) in [6, 6.07) is 0. The molecular weight excluding hydrogens is 1040 g/mol. The zero-order valence-electron chi connectivity index (χ0n) is 54.7. The Morgan fingerprint density at radius 2 is 0.659 bits per heavy atom. The third-order valence-corrected chi connectivity index (χ3v) is 16.5. The molecule has 0 N–H and O–H groups in total. The molecule has 0 fully saturated rings. The number of quaternary nitrogens is 1. The van der Waals surface area contributed by atoms with Crippen LogP contribution in [0.4, 0.5) is 0 Å². The van der Waals surface area contributed by atoms with Crippen molar-refractivity contribution in [1.82, 2.24) is 0 Å². The zero-order chi connectivity index (χ0) is 59.8. The summed E-state index contributed by atoms with van der Waals surface area (Å²) in [6.45, 7) is 4.24. The van der Waals surface area contributed by atoms with Gasteiger partial charge < -0.3 is 27.9 Å². The van der Waals surface area contributed by atoms with Crippen LogP contribution in [0.1, 0.15) is 335 Å². The van der Waals surface area contributed by atoms with Crippen molar-refractivity contribution in [2.75, 3.05) is 47.5 Å². The first kappa shape index (κ1) is 79.7. The van der Waals surface area contributed by atoms with Crippen molar-refractivity contribution in [3.8, 4) is 0 Å². The fourth-order valence-electron chi connectivity index (χ4n) is 10.1. The molecule has 0 aliphatic heterocycles. The number of rotatable bonds is 65. The average Bonchev–Trinajstić information content (AvgIpc) is 3.46. The molecule has 9 nitrogen and oxygen atoms in total. The summed E-state index contributed by atoms with van der Waals surface area (Å²) >= 11 is 0. The van der Waals surface area contributed by atoms with Gasteiger partial charge in [-0.15, -0.1) is 0 Å². The fraction of sp³-hybridized carbons (Fsp3) is 0.833. The molecule has 0 aromatic rings. The van der Waals surface area contributed by atoms with Gasteiger partial charge in [0.05, 0.1) is 27.7 Å². The molecule has 0 spiro atoms. The van der Waals surface area contributed by atoms with Crippen molar-refractivity contribution in [2.24, 2.45) is 0 Å². The normalized spacial score (nSPS) is 13.5. The van der Waals surface area contributed by atoms with Crippen LogP contribution in [0.5, 0.6) is 0 Å². The smallest absolute Gasteiger partial charge is 0.306 e. The monoisotopic (exact) mass is 1170 g/mol. The van der Waals surface area contributed by atoms with E-state index >= 15 is 0 Å². The predicted octanol–water partition coefficient (Wildman–Crippen LogP) is 22.0. The van der Waals surface area contributed by atoms with Crippen molar-refractivity contribution >= 4 is 19.8 Å². The molecule has 82 heavy (non-hydrogen) atoms. The van der Waals surface area contributed by atoms with Crippen LogP contribution in [-0.4, -0.2) is 70.0 Å². The molecule has 2 atom stereocenters. The highest BCUT2D eigenvalue weighted by Crippen LogP contribution is 2.38. The minimum absolute atomic E-state index is 0.0336. The maximum atomic E-state index is 12.8. The van der Waals surface area contributed by atoms with E-state index in [1.165, 1.54) is 225 Å². The highest BCUT2D eigenvalue weighted by molar-refractivity contribution is 7.45. The number of hydrogen-bond donors (Lipinski definition) is 0. The van der Waals surface area contributed by atoms with E-state index in [1.54, 1.807) is 0 Å². The molecular formula is C72H134NO8P. The summed E-state index contributed by atoms with van der Waals surface area (Å²) in [6.07, 6.45) is 83.1. The Bertz CT molecular complexity index is 1570. The Hall–Kier alpha value is -2.29. The third kappa shape index (κ3) is 66.8. The number of carbonyl (C=O) groups is 2.